The van der Waals surface area contributed by atoms with Gasteiger partial charge in [0, 0.05) is 17.1 Å². The number of hydrogen-bond donors (Lipinski definition) is 2. The van der Waals surface area contributed by atoms with E-state index in [0.29, 0.717) is 17.1 Å². The Bertz CT molecular complexity index is 616. The molecule has 114 valence electrons. The van der Waals surface area contributed by atoms with Crippen LogP contribution in [0.2, 0.25) is 0 Å². The van der Waals surface area contributed by atoms with Crippen LogP contribution in [-0.4, -0.2) is 28.8 Å². The number of amides is 1. The third-order valence-electron chi connectivity index (χ3n) is 3.04. The van der Waals surface area contributed by atoms with Crippen molar-refractivity contribution in [1.29, 1.82) is 0 Å². The number of carboxylic acids is 1. The van der Waals surface area contributed by atoms with Crippen molar-refractivity contribution in [1.82, 2.24) is 5.32 Å². The Morgan fingerprint density at radius 2 is 1.59 bits per heavy atom. The molecule has 2 rings (SSSR count). The van der Waals surface area contributed by atoms with Crippen molar-refractivity contribution in [2.24, 2.45) is 0 Å². The first-order chi connectivity index (χ1) is 10.7. The smallest absolute Gasteiger partial charge is 0.327 e. The van der Waals surface area contributed by atoms with E-state index in [1.165, 1.54) is 11.8 Å². The summed E-state index contributed by atoms with van der Waals surface area (Å²) in [5, 5.41) is 11.8. The number of rotatable bonds is 7. The summed E-state index contributed by atoms with van der Waals surface area (Å²) in [6.07, 6.45) is 0. The second kappa shape index (κ2) is 8.24. The molecule has 1 atom stereocenters. The largest absolute Gasteiger partial charge is 0.480 e. The molecule has 0 aromatic heterocycles. The summed E-state index contributed by atoms with van der Waals surface area (Å²) >= 11 is 1.48. The number of nitrogens with one attached hydrogen (secondary N) is 1. The molecule has 0 fully saturated rings. The van der Waals surface area contributed by atoms with E-state index in [0.717, 1.165) is 5.56 Å². The number of carboxylic acid groups (broad SMARTS) is 1. The maximum absolute atomic E-state index is 12.0. The van der Waals surface area contributed by atoms with E-state index in [4.69, 9.17) is 0 Å². The van der Waals surface area contributed by atoms with Gasteiger partial charge in [-0.15, -0.1) is 0 Å². The van der Waals surface area contributed by atoms with Gasteiger partial charge in [-0.1, -0.05) is 48.5 Å². The number of carbonyl (C=O) groups is 2. The molecule has 1 unspecified atom stereocenters. The van der Waals surface area contributed by atoms with E-state index in [1.54, 1.807) is 30.3 Å². The van der Waals surface area contributed by atoms with Gasteiger partial charge in [0.15, 0.2) is 0 Å². The van der Waals surface area contributed by atoms with E-state index >= 15 is 0 Å². The molecule has 4 nitrogen and oxygen atoms in total. The van der Waals surface area contributed by atoms with Crippen LogP contribution >= 0.6 is 11.8 Å². The molecule has 0 saturated carbocycles. The predicted molar refractivity (Wildman–Crippen MR) is 87.9 cm³/mol. The van der Waals surface area contributed by atoms with Gasteiger partial charge in [-0.3, -0.25) is 4.79 Å². The third-order valence-corrected chi connectivity index (χ3v) is 4.14. The molecule has 0 bridgehead atoms. The van der Waals surface area contributed by atoms with Crippen LogP contribution in [0.1, 0.15) is 15.9 Å². The highest BCUT2D eigenvalue weighted by Crippen LogP contribution is 2.13. The minimum Gasteiger partial charge on any atom is -0.480 e. The lowest BCUT2D eigenvalue weighted by Gasteiger charge is -2.14. The normalized spacial score (nSPS) is 11.6. The van der Waals surface area contributed by atoms with Crippen LogP contribution < -0.4 is 5.32 Å². The van der Waals surface area contributed by atoms with E-state index in [1.807, 2.05) is 30.3 Å². The Kier molecular flexibility index (Phi) is 6.03. The third kappa shape index (κ3) is 4.93. The molecule has 0 saturated heterocycles. The fourth-order valence-corrected chi connectivity index (χ4v) is 2.88. The molecule has 0 radical (unpaired) electrons. The van der Waals surface area contributed by atoms with Crippen LogP contribution in [0.5, 0.6) is 0 Å². The Labute approximate surface area is 133 Å². The highest BCUT2D eigenvalue weighted by atomic mass is 32.2. The number of aliphatic carboxylic acids is 1. The summed E-state index contributed by atoms with van der Waals surface area (Å²) in [6.45, 7) is 0. The van der Waals surface area contributed by atoms with Gasteiger partial charge in [0.1, 0.15) is 6.04 Å². The van der Waals surface area contributed by atoms with E-state index in [-0.39, 0.29) is 5.91 Å². The minimum absolute atomic E-state index is 0.322. The zero-order chi connectivity index (χ0) is 15.8. The van der Waals surface area contributed by atoms with E-state index in [2.05, 4.69) is 5.32 Å². The molecular formula is C17H17NO3S. The number of thioether (sulfide) groups is 1. The molecule has 0 aliphatic rings. The Hall–Kier alpha value is -2.27. The molecule has 22 heavy (non-hydrogen) atoms. The standard InChI is InChI=1S/C17H17NO3S/c19-16(14-9-5-2-6-10-14)18-15(17(20)21)12-22-11-13-7-3-1-4-8-13/h1-10,15H,11-12H2,(H,18,19)(H,20,21). The van der Waals surface area contributed by atoms with E-state index in [9.17, 15) is 14.7 Å². The summed E-state index contributed by atoms with van der Waals surface area (Å²) in [7, 11) is 0. The summed E-state index contributed by atoms with van der Waals surface area (Å²) in [5.74, 6) is -0.354. The molecule has 2 aromatic rings. The molecule has 1 amide bonds. The van der Waals surface area contributed by atoms with Gasteiger partial charge in [0.2, 0.25) is 0 Å². The van der Waals surface area contributed by atoms with Gasteiger partial charge in [-0.25, -0.2) is 4.79 Å². The van der Waals surface area contributed by atoms with Crippen LogP contribution in [0.25, 0.3) is 0 Å². The molecule has 0 aliphatic heterocycles. The Balaban J connectivity index is 1.87. The van der Waals surface area contributed by atoms with Gasteiger partial charge in [0.25, 0.3) is 5.91 Å². The van der Waals surface area contributed by atoms with Crippen LogP contribution in [-0.2, 0) is 10.5 Å². The monoisotopic (exact) mass is 315 g/mol. The minimum atomic E-state index is -1.02. The Morgan fingerprint density at radius 1 is 1.00 bits per heavy atom. The van der Waals surface area contributed by atoms with E-state index < -0.39 is 12.0 Å². The zero-order valence-corrected chi connectivity index (χ0v) is 12.8. The first-order valence-electron chi connectivity index (χ1n) is 6.87. The number of carbonyl (C=O) groups excluding carboxylic acids is 1. The summed E-state index contributed by atoms with van der Waals surface area (Å²) < 4.78 is 0. The quantitative estimate of drug-likeness (QED) is 0.824. The summed E-state index contributed by atoms with van der Waals surface area (Å²) in [5.41, 5.74) is 1.59. The lowest BCUT2D eigenvalue weighted by atomic mass is 10.2. The SMILES string of the molecule is O=C(NC(CSCc1ccccc1)C(=O)O)c1ccccc1. The van der Waals surface area contributed by atoms with Gasteiger partial charge in [-0.2, -0.15) is 11.8 Å². The van der Waals surface area contributed by atoms with Gasteiger partial charge in [0.05, 0.1) is 0 Å². The molecule has 5 heteroatoms. The van der Waals surface area contributed by atoms with Gasteiger partial charge < -0.3 is 10.4 Å². The lowest BCUT2D eigenvalue weighted by molar-refractivity contribution is -0.138. The lowest BCUT2D eigenvalue weighted by Crippen LogP contribution is -2.42. The molecule has 0 spiro atoms. The summed E-state index contributed by atoms with van der Waals surface area (Å²) in [4.78, 5) is 23.3. The van der Waals surface area contributed by atoms with Gasteiger partial charge >= 0.3 is 5.97 Å². The molecule has 0 aliphatic carbocycles. The second-order valence-corrected chi connectivity index (χ2v) is 5.76. The molecular weight excluding hydrogens is 298 g/mol. The van der Waals surface area contributed by atoms with Crippen molar-refractivity contribution in [3.8, 4) is 0 Å². The average molecular weight is 315 g/mol. The summed E-state index contributed by atoms with van der Waals surface area (Å²) in [6, 6.07) is 17.5. The van der Waals surface area contributed by atoms with Gasteiger partial charge in [-0.05, 0) is 17.7 Å². The van der Waals surface area contributed by atoms with Crippen LogP contribution in [0.3, 0.4) is 0 Å². The maximum atomic E-state index is 12.0. The highest BCUT2D eigenvalue weighted by molar-refractivity contribution is 7.98. The number of benzene rings is 2. The average Bonchev–Trinajstić information content (AvgIpc) is 2.55. The highest BCUT2D eigenvalue weighted by Gasteiger charge is 2.20. The van der Waals surface area contributed by atoms with Crippen LogP contribution in [0, 0.1) is 0 Å². The van der Waals surface area contributed by atoms with Crippen molar-refractivity contribution in [2.75, 3.05) is 5.75 Å². The van der Waals surface area contributed by atoms with Crippen LogP contribution in [0.15, 0.2) is 60.7 Å². The van der Waals surface area contributed by atoms with Crippen molar-refractivity contribution >= 4 is 23.6 Å². The van der Waals surface area contributed by atoms with Crippen LogP contribution in [0.4, 0.5) is 0 Å². The fraction of sp³-hybridized carbons (Fsp3) is 0.176. The van der Waals surface area contributed by atoms with Crippen molar-refractivity contribution in [2.45, 2.75) is 11.8 Å². The molecule has 0 heterocycles. The molecule has 2 aromatic carbocycles. The van der Waals surface area contributed by atoms with Crippen molar-refractivity contribution in [3.63, 3.8) is 0 Å². The maximum Gasteiger partial charge on any atom is 0.327 e. The van der Waals surface area contributed by atoms with Crippen molar-refractivity contribution < 1.29 is 14.7 Å². The first kappa shape index (κ1) is 16.1. The Morgan fingerprint density at radius 3 is 2.18 bits per heavy atom. The predicted octanol–water partition coefficient (Wildman–Crippen LogP) is 2.80. The number of hydrogen-bond acceptors (Lipinski definition) is 3. The topological polar surface area (TPSA) is 66.4 Å². The van der Waals surface area contributed by atoms with Crippen molar-refractivity contribution in [3.05, 3.63) is 71.8 Å². The first-order valence-corrected chi connectivity index (χ1v) is 8.02. The fourth-order valence-electron chi connectivity index (χ4n) is 1.87. The zero-order valence-electron chi connectivity index (χ0n) is 11.9. The molecule has 2 N–H and O–H groups in total. The second-order valence-electron chi connectivity index (χ2n) is 4.73.